The third-order valence-corrected chi connectivity index (χ3v) is 3.42. The van der Waals surface area contributed by atoms with Gasteiger partial charge in [0.1, 0.15) is 5.75 Å². The molecule has 1 nitrogen and oxygen atoms in total. The van der Waals surface area contributed by atoms with Crippen molar-refractivity contribution in [2.24, 2.45) is 0 Å². The van der Waals surface area contributed by atoms with Crippen molar-refractivity contribution in [3.05, 3.63) is 41.1 Å². The first-order chi connectivity index (χ1) is 7.40. The second-order valence-electron chi connectivity index (χ2n) is 3.50. The molecular weight excluding hydrogens is 204 g/mol. The SMILES string of the molecule is COc1ccccc2cc3cscc3c1-2. The Kier molecular flexibility index (Phi) is 1.89. The van der Waals surface area contributed by atoms with E-state index in [9.17, 15) is 0 Å². The second-order valence-corrected chi connectivity index (χ2v) is 4.25. The third kappa shape index (κ3) is 1.22. The van der Waals surface area contributed by atoms with Gasteiger partial charge in [0.2, 0.25) is 0 Å². The summed E-state index contributed by atoms with van der Waals surface area (Å²) in [5.74, 6) is 0.948. The molecule has 0 atom stereocenters. The van der Waals surface area contributed by atoms with Crippen LogP contribution in [0.5, 0.6) is 5.75 Å². The van der Waals surface area contributed by atoms with Crippen LogP contribution >= 0.6 is 11.3 Å². The summed E-state index contributed by atoms with van der Waals surface area (Å²) in [7, 11) is 1.72. The number of rotatable bonds is 1. The fourth-order valence-electron chi connectivity index (χ4n) is 1.98. The second kappa shape index (κ2) is 3.24. The van der Waals surface area contributed by atoms with E-state index in [2.05, 4.69) is 22.9 Å². The van der Waals surface area contributed by atoms with Gasteiger partial charge in [-0.2, -0.15) is 11.3 Å². The Morgan fingerprint density at radius 3 is 2.87 bits per heavy atom. The minimum absolute atomic E-state index is 0.948. The number of methoxy groups -OCH3 is 1. The van der Waals surface area contributed by atoms with Crippen LogP contribution in [0.1, 0.15) is 0 Å². The molecule has 0 bridgehead atoms. The van der Waals surface area contributed by atoms with Crippen LogP contribution in [0.25, 0.3) is 21.9 Å². The molecule has 2 heteroatoms. The molecule has 0 fully saturated rings. The molecular formula is C13H10OS. The highest BCUT2D eigenvalue weighted by molar-refractivity contribution is 7.09. The van der Waals surface area contributed by atoms with Crippen LogP contribution in [0.2, 0.25) is 0 Å². The van der Waals surface area contributed by atoms with E-state index in [4.69, 9.17) is 4.74 Å². The van der Waals surface area contributed by atoms with E-state index in [-0.39, 0.29) is 0 Å². The fraction of sp³-hybridized carbons (Fsp3) is 0.0769. The zero-order valence-electron chi connectivity index (χ0n) is 8.36. The average Bonchev–Trinajstić information content (AvgIpc) is 2.74. The molecule has 2 aliphatic rings. The minimum atomic E-state index is 0.948. The molecule has 0 aromatic carbocycles. The number of ether oxygens (including phenoxy) is 1. The fourth-order valence-corrected chi connectivity index (χ4v) is 2.78. The van der Waals surface area contributed by atoms with Crippen molar-refractivity contribution in [3.63, 3.8) is 0 Å². The Morgan fingerprint density at radius 2 is 2.00 bits per heavy atom. The van der Waals surface area contributed by atoms with E-state index in [0.29, 0.717) is 0 Å². The van der Waals surface area contributed by atoms with Crippen LogP contribution in [0.4, 0.5) is 0 Å². The highest BCUT2D eigenvalue weighted by atomic mass is 32.1. The molecule has 74 valence electrons. The van der Waals surface area contributed by atoms with E-state index in [1.165, 1.54) is 21.9 Å². The number of thiophene rings is 1. The van der Waals surface area contributed by atoms with Crippen molar-refractivity contribution in [1.29, 1.82) is 0 Å². The first kappa shape index (κ1) is 8.74. The van der Waals surface area contributed by atoms with Crippen molar-refractivity contribution in [1.82, 2.24) is 0 Å². The molecule has 0 aliphatic heterocycles. The summed E-state index contributed by atoms with van der Waals surface area (Å²) in [6.07, 6.45) is 0. The monoisotopic (exact) mass is 214 g/mol. The van der Waals surface area contributed by atoms with Crippen LogP contribution < -0.4 is 4.74 Å². The lowest BCUT2D eigenvalue weighted by molar-refractivity contribution is 0.417. The van der Waals surface area contributed by atoms with Gasteiger partial charge in [0, 0.05) is 10.9 Å². The van der Waals surface area contributed by atoms with Gasteiger partial charge in [0.05, 0.1) is 7.11 Å². The molecule has 3 rings (SSSR count). The molecule has 0 saturated carbocycles. The van der Waals surface area contributed by atoms with Crippen molar-refractivity contribution in [3.8, 4) is 16.9 Å². The van der Waals surface area contributed by atoms with Crippen LogP contribution in [0.15, 0.2) is 41.1 Å². The van der Waals surface area contributed by atoms with Gasteiger partial charge in [0.25, 0.3) is 0 Å². The number of fused-ring (bicyclic) bond motifs is 3. The number of hydrogen-bond donors (Lipinski definition) is 0. The highest BCUT2D eigenvalue weighted by Crippen LogP contribution is 2.41. The lowest BCUT2D eigenvalue weighted by Gasteiger charge is -2.01. The molecule has 1 heterocycles. The molecule has 0 saturated heterocycles. The molecule has 0 radical (unpaired) electrons. The van der Waals surface area contributed by atoms with Gasteiger partial charge in [-0.1, -0.05) is 18.2 Å². The lowest BCUT2D eigenvalue weighted by Crippen LogP contribution is -1.82. The van der Waals surface area contributed by atoms with Crippen LogP contribution in [0.3, 0.4) is 0 Å². The summed E-state index contributed by atoms with van der Waals surface area (Å²) in [5, 5.41) is 6.96. The largest absolute Gasteiger partial charge is 0.496 e. The van der Waals surface area contributed by atoms with Gasteiger partial charge in [-0.3, -0.25) is 0 Å². The molecule has 1 aromatic rings. The van der Waals surface area contributed by atoms with Gasteiger partial charge < -0.3 is 4.74 Å². The Balaban J connectivity index is 2.50. The molecule has 15 heavy (non-hydrogen) atoms. The van der Waals surface area contributed by atoms with Crippen LogP contribution in [0, 0.1) is 0 Å². The summed E-state index contributed by atoms with van der Waals surface area (Å²) < 4.78 is 5.43. The first-order valence-corrected chi connectivity index (χ1v) is 5.76. The van der Waals surface area contributed by atoms with Crippen LogP contribution in [-0.2, 0) is 0 Å². The average molecular weight is 214 g/mol. The van der Waals surface area contributed by atoms with E-state index < -0.39 is 0 Å². The standard InChI is InChI=1S/C13H10OS/c1-14-12-5-3-2-4-9-6-10-7-15-8-11(10)13(9)12/h2-8H,1H3. The predicted molar refractivity (Wildman–Crippen MR) is 65.0 cm³/mol. The molecule has 0 N–H and O–H groups in total. The Hall–Kier alpha value is -1.54. The maximum absolute atomic E-state index is 5.43. The zero-order chi connectivity index (χ0) is 10.3. The summed E-state index contributed by atoms with van der Waals surface area (Å²) >= 11 is 1.73. The van der Waals surface area contributed by atoms with Gasteiger partial charge >= 0.3 is 0 Å². The van der Waals surface area contributed by atoms with E-state index in [1.807, 2.05) is 18.2 Å². The van der Waals surface area contributed by atoms with E-state index in [0.717, 1.165) is 5.75 Å². The molecule has 0 spiro atoms. The van der Waals surface area contributed by atoms with Gasteiger partial charge in [-0.15, -0.1) is 0 Å². The highest BCUT2D eigenvalue weighted by Gasteiger charge is 2.13. The summed E-state index contributed by atoms with van der Waals surface area (Å²) in [6, 6.07) is 10.4. The van der Waals surface area contributed by atoms with Crippen LogP contribution in [-0.4, -0.2) is 7.11 Å². The van der Waals surface area contributed by atoms with Crippen molar-refractivity contribution < 1.29 is 4.74 Å². The van der Waals surface area contributed by atoms with Gasteiger partial charge in [-0.25, -0.2) is 0 Å². The summed E-state index contributed by atoms with van der Waals surface area (Å²) in [6.45, 7) is 0. The third-order valence-electron chi connectivity index (χ3n) is 2.66. The molecule has 0 unspecified atom stereocenters. The topological polar surface area (TPSA) is 9.23 Å². The van der Waals surface area contributed by atoms with E-state index in [1.54, 1.807) is 18.4 Å². The minimum Gasteiger partial charge on any atom is -0.496 e. The molecule has 0 amide bonds. The Morgan fingerprint density at radius 1 is 1.13 bits per heavy atom. The maximum atomic E-state index is 5.43. The summed E-state index contributed by atoms with van der Waals surface area (Å²) in [4.78, 5) is 0. The van der Waals surface area contributed by atoms with Crippen molar-refractivity contribution >= 4 is 22.1 Å². The van der Waals surface area contributed by atoms with Gasteiger partial charge in [-0.05, 0) is 33.8 Å². The normalized spacial score (nSPS) is 11.0. The molecule has 1 aromatic heterocycles. The first-order valence-electron chi connectivity index (χ1n) is 4.82. The predicted octanol–water partition coefficient (Wildman–Crippen LogP) is 4.01. The maximum Gasteiger partial charge on any atom is 0.127 e. The lowest BCUT2D eigenvalue weighted by atomic mass is 10.1. The van der Waals surface area contributed by atoms with Crippen molar-refractivity contribution in [2.45, 2.75) is 0 Å². The Labute approximate surface area is 92.3 Å². The zero-order valence-corrected chi connectivity index (χ0v) is 9.17. The quantitative estimate of drug-likeness (QED) is 0.594. The van der Waals surface area contributed by atoms with Crippen molar-refractivity contribution in [2.75, 3.05) is 7.11 Å². The smallest absolute Gasteiger partial charge is 0.127 e. The summed E-state index contributed by atoms with van der Waals surface area (Å²) in [5.41, 5.74) is 2.47. The Bertz CT molecular complexity index is 582. The molecule has 2 aliphatic carbocycles. The van der Waals surface area contributed by atoms with E-state index >= 15 is 0 Å². The van der Waals surface area contributed by atoms with Gasteiger partial charge in [0.15, 0.2) is 0 Å². The number of hydrogen-bond acceptors (Lipinski definition) is 2.